The van der Waals surface area contributed by atoms with Crippen molar-refractivity contribution in [1.29, 1.82) is 0 Å². The molecule has 0 saturated heterocycles. The van der Waals surface area contributed by atoms with Gasteiger partial charge in [-0.05, 0) is 12.8 Å². The summed E-state index contributed by atoms with van der Waals surface area (Å²) in [6.45, 7) is -0.442. The van der Waals surface area contributed by atoms with E-state index in [1.807, 2.05) is 0 Å². The molecule has 0 aliphatic carbocycles. The zero-order valence-electron chi connectivity index (χ0n) is 12.5. The van der Waals surface area contributed by atoms with Crippen LogP contribution in [0.15, 0.2) is 0 Å². The zero-order valence-corrected chi connectivity index (χ0v) is 15.3. The first-order chi connectivity index (χ1) is 9.69. The van der Waals surface area contributed by atoms with Gasteiger partial charge < -0.3 is 4.55 Å². The SMILES string of the molecule is O=S(=O)([O-])CC(F)C(F)C(F)C(F)CCCCCCCF.[Na+]. The fourth-order valence-electron chi connectivity index (χ4n) is 1.81. The molecule has 128 valence electrons. The van der Waals surface area contributed by atoms with Gasteiger partial charge in [-0.3, -0.25) is 4.39 Å². The summed E-state index contributed by atoms with van der Waals surface area (Å²) in [5.74, 6) is -1.72. The van der Waals surface area contributed by atoms with Gasteiger partial charge in [0, 0.05) is 0 Å². The summed E-state index contributed by atoms with van der Waals surface area (Å²) in [6, 6.07) is 0. The molecule has 0 fully saturated rings. The van der Waals surface area contributed by atoms with Crippen molar-refractivity contribution in [3.8, 4) is 0 Å². The van der Waals surface area contributed by atoms with Gasteiger partial charge in [0.25, 0.3) is 0 Å². The van der Waals surface area contributed by atoms with Gasteiger partial charge >= 0.3 is 29.6 Å². The molecule has 0 rings (SSSR count). The molecule has 10 heteroatoms. The molecule has 22 heavy (non-hydrogen) atoms. The van der Waals surface area contributed by atoms with Crippen LogP contribution in [0.1, 0.15) is 38.5 Å². The molecule has 0 N–H and O–H groups in total. The Balaban J connectivity index is 0. The number of alkyl halides is 5. The molecule has 0 saturated carbocycles. The van der Waals surface area contributed by atoms with Gasteiger partial charge in [0.15, 0.2) is 12.3 Å². The van der Waals surface area contributed by atoms with Crippen LogP contribution in [0.2, 0.25) is 0 Å². The Morgan fingerprint density at radius 2 is 1.27 bits per heavy atom. The Morgan fingerprint density at radius 1 is 0.818 bits per heavy atom. The molecule has 0 aliphatic heterocycles. The van der Waals surface area contributed by atoms with Crippen molar-refractivity contribution in [2.75, 3.05) is 12.4 Å². The van der Waals surface area contributed by atoms with Crippen LogP contribution >= 0.6 is 0 Å². The third-order valence-corrected chi connectivity index (χ3v) is 3.70. The van der Waals surface area contributed by atoms with Crippen molar-refractivity contribution in [2.24, 2.45) is 0 Å². The first-order valence-corrected chi connectivity index (χ1v) is 8.32. The van der Waals surface area contributed by atoms with Crippen molar-refractivity contribution in [3.63, 3.8) is 0 Å². The van der Waals surface area contributed by atoms with Crippen LogP contribution in [-0.2, 0) is 10.1 Å². The second-order valence-electron chi connectivity index (χ2n) is 4.89. The molecule has 0 aromatic rings. The Bertz CT molecular complexity index is 372. The smallest absolute Gasteiger partial charge is 0.748 e. The van der Waals surface area contributed by atoms with E-state index in [2.05, 4.69) is 0 Å². The minimum atomic E-state index is -5.04. The molecule has 0 spiro atoms. The predicted octanol–water partition coefficient (Wildman–Crippen LogP) is 0.198. The van der Waals surface area contributed by atoms with E-state index in [4.69, 9.17) is 0 Å². The summed E-state index contributed by atoms with van der Waals surface area (Å²) in [6.07, 6.45) is -8.91. The Hall–Kier alpha value is 0.560. The van der Waals surface area contributed by atoms with E-state index in [1.54, 1.807) is 0 Å². The summed E-state index contributed by atoms with van der Waals surface area (Å²) >= 11 is 0. The van der Waals surface area contributed by atoms with Crippen LogP contribution < -0.4 is 29.6 Å². The molecular weight excluding hydrogens is 342 g/mol. The Morgan fingerprint density at radius 3 is 1.77 bits per heavy atom. The molecule has 0 aromatic carbocycles. The van der Waals surface area contributed by atoms with Gasteiger partial charge in [0.1, 0.15) is 12.3 Å². The third kappa shape index (κ3) is 12.0. The number of rotatable bonds is 12. The van der Waals surface area contributed by atoms with Crippen LogP contribution in [0.3, 0.4) is 0 Å². The fraction of sp³-hybridized carbons (Fsp3) is 1.00. The fourth-order valence-corrected chi connectivity index (χ4v) is 2.38. The summed E-state index contributed by atoms with van der Waals surface area (Å²) < 4.78 is 95.4. The quantitative estimate of drug-likeness (QED) is 0.216. The molecule has 0 amide bonds. The largest absolute Gasteiger partial charge is 1.00 e. The number of halogens is 5. The number of hydrogen-bond acceptors (Lipinski definition) is 3. The van der Waals surface area contributed by atoms with Gasteiger partial charge in [-0.25, -0.2) is 26.0 Å². The number of hydrogen-bond donors (Lipinski definition) is 0. The molecular formula is C12H20F5NaO3S. The topological polar surface area (TPSA) is 57.2 Å². The minimum absolute atomic E-state index is 0. The van der Waals surface area contributed by atoms with Gasteiger partial charge in [-0.1, -0.05) is 25.7 Å². The van der Waals surface area contributed by atoms with E-state index in [0.29, 0.717) is 25.7 Å². The summed E-state index contributed by atoms with van der Waals surface area (Å²) in [5, 5.41) is 0. The van der Waals surface area contributed by atoms with E-state index in [0.717, 1.165) is 0 Å². The maximum absolute atomic E-state index is 13.3. The van der Waals surface area contributed by atoms with Gasteiger partial charge in [-0.15, -0.1) is 0 Å². The maximum atomic E-state index is 13.3. The van der Waals surface area contributed by atoms with Crippen LogP contribution in [0.4, 0.5) is 22.0 Å². The van der Waals surface area contributed by atoms with Gasteiger partial charge in [0.2, 0.25) is 0 Å². The normalized spacial score (nSPS) is 17.4. The van der Waals surface area contributed by atoms with Crippen molar-refractivity contribution >= 4 is 10.1 Å². The molecule has 0 bridgehead atoms. The van der Waals surface area contributed by atoms with Crippen molar-refractivity contribution < 1.29 is 64.5 Å². The third-order valence-electron chi connectivity index (χ3n) is 2.97. The van der Waals surface area contributed by atoms with Crippen molar-refractivity contribution in [3.05, 3.63) is 0 Å². The summed E-state index contributed by atoms with van der Waals surface area (Å²) in [7, 11) is -5.04. The van der Waals surface area contributed by atoms with E-state index in [-0.39, 0.29) is 42.4 Å². The van der Waals surface area contributed by atoms with E-state index >= 15 is 0 Å². The summed E-state index contributed by atoms with van der Waals surface area (Å²) in [4.78, 5) is 0. The average Bonchev–Trinajstić information content (AvgIpc) is 2.38. The predicted molar refractivity (Wildman–Crippen MR) is 67.8 cm³/mol. The maximum Gasteiger partial charge on any atom is 1.00 e. The molecule has 0 aliphatic rings. The van der Waals surface area contributed by atoms with Crippen LogP contribution in [-0.4, -0.2) is 50.1 Å². The van der Waals surface area contributed by atoms with E-state index < -0.39 is 47.2 Å². The van der Waals surface area contributed by atoms with Gasteiger partial charge in [0.05, 0.1) is 22.5 Å². The van der Waals surface area contributed by atoms with Crippen LogP contribution in [0.5, 0.6) is 0 Å². The number of unbranched alkanes of at least 4 members (excludes halogenated alkanes) is 4. The first kappa shape index (κ1) is 24.8. The monoisotopic (exact) mass is 362 g/mol. The molecule has 0 heterocycles. The van der Waals surface area contributed by atoms with Crippen LogP contribution in [0.25, 0.3) is 0 Å². The van der Waals surface area contributed by atoms with E-state index in [1.165, 1.54) is 0 Å². The van der Waals surface area contributed by atoms with E-state index in [9.17, 15) is 34.9 Å². The molecule has 3 nitrogen and oxygen atoms in total. The second kappa shape index (κ2) is 12.9. The molecule has 0 aromatic heterocycles. The molecule has 4 atom stereocenters. The first-order valence-electron chi connectivity index (χ1n) is 6.75. The zero-order chi connectivity index (χ0) is 16.5. The molecule has 0 radical (unpaired) electrons. The van der Waals surface area contributed by atoms with Crippen molar-refractivity contribution in [2.45, 2.75) is 63.2 Å². The summed E-state index contributed by atoms with van der Waals surface area (Å²) in [5.41, 5.74) is 0. The van der Waals surface area contributed by atoms with Gasteiger partial charge in [-0.2, -0.15) is 0 Å². The van der Waals surface area contributed by atoms with Crippen molar-refractivity contribution in [1.82, 2.24) is 0 Å². The Kier molecular flexibility index (Phi) is 14.6. The minimum Gasteiger partial charge on any atom is -0.748 e. The Labute approximate surface area is 150 Å². The average molecular weight is 362 g/mol. The molecule has 4 unspecified atom stereocenters. The second-order valence-corrected chi connectivity index (χ2v) is 6.34. The standard InChI is InChI=1S/C12H21F5O3S.Na/c13-7-5-3-1-2-4-6-9(14)11(16)12(17)10(15)8-21(18,19)20;/h9-12H,1-8H2,(H,18,19,20);/q;+1/p-1. The van der Waals surface area contributed by atoms with Crippen LogP contribution in [0, 0.1) is 0 Å².